The molecule has 0 spiro atoms. The number of piperazine rings is 1. The normalized spacial score (nSPS) is 22.4. The van der Waals surface area contributed by atoms with Gasteiger partial charge in [0.25, 0.3) is 0 Å². The highest BCUT2D eigenvalue weighted by molar-refractivity contribution is 6.02. The van der Waals surface area contributed by atoms with Crippen LogP contribution in [0, 0.1) is 0 Å². The number of carbonyl (C=O) groups is 3. The average Bonchev–Trinajstić information content (AvgIpc) is 3.23. The first-order chi connectivity index (χ1) is 15.6. The van der Waals surface area contributed by atoms with Crippen molar-refractivity contribution in [1.29, 1.82) is 0 Å². The summed E-state index contributed by atoms with van der Waals surface area (Å²) < 4.78 is 0. The van der Waals surface area contributed by atoms with Gasteiger partial charge < -0.3 is 20.9 Å². The van der Waals surface area contributed by atoms with E-state index in [4.69, 9.17) is 0 Å². The Hall–Kier alpha value is -3.87. The van der Waals surface area contributed by atoms with Crippen molar-refractivity contribution in [3.63, 3.8) is 0 Å². The molecule has 4 amide bonds. The number of fused-ring (bicyclic) bond motifs is 2. The number of nitrogens with zero attached hydrogens (tertiary/aromatic N) is 1. The van der Waals surface area contributed by atoms with Crippen LogP contribution in [0.25, 0.3) is 10.8 Å². The molecule has 3 N–H and O–H groups in total. The van der Waals surface area contributed by atoms with Gasteiger partial charge >= 0.3 is 6.03 Å². The predicted molar refractivity (Wildman–Crippen MR) is 122 cm³/mol. The van der Waals surface area contributed by atoms with Gasteiger partial charge in [0, 0.05) is 18.4 Å². The fourth-order valence-corrected chi connectivity index (χ4v) is 4.63. The van der Waals surface area contributed by atoms with E-state index < -0.39 is 12.1 Å². The summed E-state index contributed by atoms with van der Waals surface area (Å²) in [6.45, 7) is 0.325. The highest BCUT2D eigenvalue weighted by Crippen LogP contribution is 2.25. The van der Waals surface area contributed by atoms with E-state index in [0.29, 0.717) is 25.1 Å². The maximum Gasteiger partial charge on any atom is 0.319 e. The van der Waals surface area contributed by atoms with Crippen LogP contribution in [-0.4, -0.2) is 47.4 Å². The van der Waals surface area contributed by atoms with Gasteiger partial charge in [-0.15, -0.1) is 0 Å². The van der Waals surface area contributed by atoms with Gasteiger partial charge in [0.05, 0.1) is 11.7 Å². The van der Waals surface area contributed by atoms with Gasteiger partial charge in [-0.2, -0.15) is 0 Å². The van der Waals surface area contributed by atoms with E-state index in [0.717, 1.165) is 16.3 Å². The summed E-state index contributed by atoms with van der Waals surface area (Å²) in [5.41, 5.74) is 1.71. The van der Waals surface area contributed by atoms with Crippen molar-refractivity contribution in [2.45, 2.75) is 31.0 Å². The molecule has 0 radical (unpaired) electrons. The Balaban J connectivity index is 1.24. The number of hydrogen-bond donors (Lipinski definition) is 3. The van der Waals surface area contributed by atoms with Crippen LogP contribution in [0.2, 0.25) is 0 Å². The lowest BCUT2D eigenvalue weighted by molar-refractivity contribution is -0.147. The molecule has 2 saturated heterocycles. The molecule has 3 atom stereocenters. The third-order valence-corrected chi connectivity index (χ3v) is 6.16. The van der Waals surface area contributed by atoms with Gasteiger partial charge in [-0.25, -0.2) is 4.79 Å². The number of rotatable bonds is 4. The van der Waals surface area contributed by atoms with Crippen molar-refractivity contribution in [1.82, 2.24) is 15.5 Å². The number of amides is 4. The molecular weight excluding hydrogens is 404 g/mol. The molecule has 5 rings (SSSR count). The Kier molecular flexibility index (Phi) is 5.23. The van der Waals surface area contributed by atoms with Crippen LogP contribution in [0.15, 0.2) is 72.8 Å². The van der Waals surface area contributed by atoms with Crippen LogP contribution in [0.1, 0.15) is 12.0 Å². The molecule has 0 aliphatic carbocycles. The van der Waals surface area contributed by atoms with Crippen molar-refractivity contribution in [2.24, 2.45) is 0 Å². The molecule has 32 heavy (non-hydrogen) atoms. The zero-order valence-electron chi connectivity index (χ0n) is 17.5. The Bertz CT molecular complexity index is 1170. The predicted octanol–water partition coefficient (Wildman–Crippen LogP) is 2.67. The van der Waals surface area contributed by atoms with Crippen LogP contribution >= 0.6 is 0 Å². The van der Waals surface area contributed by atoms with Crippen LogP contribution in [0.4, 0.5) is 10.5 Å². The largest absolute Gasteiger partial charge is 0.342 e. The monoisotopic (exact) mass is 428 g/mol. The van der Waals surface area contributed by atoms with Crippen molar-refractivity contribution in [2.75, 3.05) is 11.9 Å². The Morgan fingerprint density at radius 2 is 1.72 bits per heavy atom. The second-order valence-electron chi connectivity index (χ2n) is 8.32. The van der Waals surface area contributed by atoms with Gasteiger partial charge in [-0.3, -0.25) is 9.59 Å². The summed E-state index contributed by atoms with van der Waals surface area (Å²) in [7, 11) is 0. The van der Waals surface area contributed by atoms with Crippen LogP contribution in [0.3, 0.4) is 0 Å². The molecule has 3 aromatic carbocycles. The van der Waals surface area contributed by atoms with Crippen LogP contribution < -0.4 is 16.0 Å². The maximum atomic E-state index is 13.0. The van der Waals surface area contributed by atoms with E-state index in [1.54, 1.807) is 4.90 Å². The molecule has 2 aliphatic rings. The number of anilines is 1. The molecule has 2 heterocycles. The zero-order valence-corrected chi connectivity index (χ0v) is 17.5. The summed E-state index contributed by atoms with van der Waals surface area (Å²) in [5, 5.41) is 10.7. The first-order valence-electron chi connectivity index (χ1n) is 10.8. The number of hydrogen-bond acceptors (Lipinski definition) is 3. The minimum Gasteiger partial charge on any atom is -0.342 e. The van der Waals surface area contributed by atoms with Crippen molar-refractivity contribution >= 4 is 34.3 Å². The Morgan fingerprint density at radius 3 is 2.56 bits per heavy atom. The summed E-state index contributed by atoms with van der Waals surface area (Å²) >= 11 is 0. The minimum absolute atomic E-state index is 0.0998. The number of urea groups is 1. The SMILES string of the molecule is O=C(Nc1cccc2ccccc12)N[C@H]1C[C@H]2C(=O)N[C@@H](Cc3ccccc3)C(=O)N2C1. The van der Waals surface area contributed by atoms with E-state index in [1.165, 1.54) is 0 Å². The maximum absolute atomic E-state index is 13.0. The van der Waals surface area contributed by atoms with Crippen LogP contribution in [-0.2, 0) is 16.0 Å². The quantitative estimate of drug-likeness (QED) is 0.597. The van der Waals surface area contributed by atoms with Crippen molar-refractivity contribution < 1.29 is 14.4 Å². The lowest BCUT2D eigenvalue weighted by Gasteiger charge is -2.34. The van der Waals surface area contributed by atoms with E-state index in [1.807, 2.05) is 72.8 Å². The Morgan fingerprint density at radius 1 is 0.969 bits per heavy atom. The average molecular weight is 428 g/mol. The molecule has 0 aromatic heterocycles. The van der Waals surface area contributed by atoms with Gasteiger partial charge in [0.15, 0.2) is 0 Å². The molecule has 0 saturated carbocycles. The van der Waals surface area contributed by atoms with Crippen LogP contribution in [0.5, 0.6) is 0 Å². The molecule has 2 fully saturated rings. The fraction of sp³-hybridized carbons (Fsp3) is 0.240. The van der Waals surface area contributed by atoms with E-state index >= 15 is 0 Å². The van der Waals surface area contributed by atoms with E-state index in [9.17, 15) is 14.4 Å². The van der Waals surface area contributed by atoms with Gasteiger partial charge in [0.1, 0.15) is 12.1 Å². The Labute approximate surface area is 185 Å². The highest BCUT2D eigenvalue weighted by atomic mass is 16.2. The minimum atomic E-state index is -0.579. The second kappa shape index (κ2) is 8.34. The van der Waals surface area contributed by atoms with Gasteiger partial charge in [-0.05, 0) is 23.4 Å². The zero-order chi connectivity index (χ0) is 22.1. The molecule has 7 heteroatoms. The third-order valence-electron chi connectivity index (χ3n) is 6.16. The van der Waals surface area contributed by atoms with E-state index in [-0.39, 0.29) is 23.9 Å². The second-order valence-corrected chi connectivity index (χ2v) is 8.32. The molecule has 0 bridgehead atoms. The fourth-order valence-electron chi connectivity index (χ4n) is 4.63. The highest BCUT2D eigenvalue weighted by Gasteiger charge is 2.46. The number of carbonyl (C=O) groups excluding carboxylic acids is 3. The van der Waals surface area contributed by atoms with Crippen molar-refractivity contribution in [3.05, 3.63) is 78.4 Å². The summed E-state index contributed by atoms with van der Waals surface area (Å²) in [6, 6.07) is 21.4. The lowest BCUT2D eigenvalue weighted by atomic mass is 10.0. The smallest absolute Gasteiger partial charge is 0.319 e. The van der Waals surface area contributed by atoms with Gasteiger partial charge in [0.2, 0.25) is 11.8 Å². The van der Waals surface area contributed by atoms with E-state index in [2.05, 4.69) is 16.0 Å². The van der Waals surface area contributed by atoms with Gasteiger partial charge in [-0.1, -0.05) is 66.7 Å². The third kappa shape index (κ3) is 3.89. The topological polar surface area (TPSA) is 90.5 Å². The standard InChI is InChI=1S/C25H24N4O3/c30-23-22-14-18(15-29(22)24(31)21(27-23)13-16-7-2-1-3-8-16)26-25(32)28-20-12-6-10-17-9-4-5-11-19(17)20/h1-12,18,21-22H,13-15H2,(H,27,30)(H2,26,28,32)/t18-,21-,22-/m0/s1. The molecule has 2 aliphatic heterocycles. The molecule has 0 unspecified atom stereocenters. The molecule has 3 aromatic rings. The summed E-state index contributed by atoms with van der Waals surface area (Å²) in [4.78, 5) is 39.9. The lowest BCUT2D eigenvalue weighted by Crippen LogP contribution is -2.61. The first-order valence-corrected chi connectivity index (χ1v) is 10.8. The molecular formula is C25H24N4O3. The number of benzene rings is 3. The summed E-state index contributed by atoms with van der Waals surface area (Å²) in [5.74, 6) is -0.262. The van der Waals surface area contributed by atoms with Crippen molar-refractivity contribution in [3.8, 4) is 0 Å². The molecule has 162 valence electrons. The summed E-state index contributed by atoms with van der Waals surface area (Å²) in [6.07, 6.45) is 0.854. The number of nitrogens with one attached hydrogen (secondary N) is 3. The molecule has 7 nitrogen and oxygen atoms in total. The first kappa shape index (κ1) is 20.1.